The Morgan fingerprint density at radius 1 is 1.17 bits per heavy atom. The highest BCUT2D eigenvalue weighted by Crippen LogP contribution is 2.22. The van der Waals surface area contributed by atoms with Gasteiger partial charge < -0.3 is 0 Å². The third-order valence-electron chi connectivity index (χ3n) is 3.30. The Kier molecular flexibility index (Phi) is 4.89. The van der Waals surface area contributed by atoms with E-state index in [0.29, 0.717) is 0 Å². The van der Waals surface area contributed by atoms with Gasteiger partial charge in [-0.1, -0.05) is 58.0 Å². The fourth-order valence-corrected chi connectivity index (χ4v) is 1.56. The predicted molar refractivity (Wildman–Crippen MR) is 82.0 cm³/mol. The first-order chi connectivity index (χ1) is 8.38. The molecule has 1 heteroatoms. The van der Waals surface area contributed by atoms with Gasteiger partial charge in [-0.2, -0.15) is 0 Å². The molecule has 18 heavy (non-hydrogen) atoms. The molecule has 0 spiro atoms. The summed E-state index contributed by atoms with van der Waals surface area (Å²) in [6.07, 6.45) is 3.16. The van der Waals surface area contributed by atoms with Gasteiger partial charge in [-0.15, -0.1) is 0 Å². The fourth-order valence-electron chi connectivity index (χ4n) is 1.56. The van der Waals surface area contributed by atoms with Gasteiger partial charge in [0.2, 0.25) is 0 Å². The molecule has 0 saturated carbocycles. The zero-order valence-electron chi connectivity index (χ0n) is 12.5. The molecule has 1 rings (SSSR count). The van der Waals surface area contributed by atoms with Crippen LogP contribution in [0.2, 0.25) is 0 Å². The molecule has 0 aliphatic carbocycles. The molecular formula is C17H25N. The van der Waals surface area contributed by atoms with Gasteiger partial charge in [0.1, 0.15) is 0 Å². The molecule has 0 bridgehead atoms. The van der Waals surface area contributed by atoms with Crippen molar-refractivity contribution in [2.75, 3.05) is 0 Å². The molecule has 1 nitrogen and oxygen atoms in total. The summed E-state index contributed by atoms with van der Waals surface area (Å²) < 4.78 is 0. The maximum atomic E-state index is 4.77. The average Bonchev–Trinajstić information content (AvgIpc) is 2.34. The van der Waals surface area contributed by atoms with E-state index in [0.717, 1.165) is 17.8 Å². The van der Waals surface area contributed by atoms with Crippen LogP contribution in [0.1, 0.15) is 52.7 Å². The summed E-state index contributed by atoms with van der Waals surface area (Å²) in [6.45, 7) is 12.9. The van der Waals surface area contributed by atoms with Crippen molar-refractivity contribution in [1.29, 1.82) is 0 Å². The van der Waals surface area contributed by atoms with E-state index in [1.54, 1.807) is 0 Å². The van der Waals surface area contributed by atoms with Gasteiger partial charge in [-0.05, 0) is 36.8 Å². The fraction of sp³-hybridized carbons (Fsp3) is 0.471. The van der Waals surface area contributed by atoms with Crippen LogP contribution in [0.3, 0.4) is 0 Å². The number of hydrogen-bond acceptors (Lipinski definition) is 1. The largest absolute Gasteiger partial charge is 0.257 e. The van der Waals surface area contributed by atoms with E-state index >= 15 is 0 Å². The van der Waals surface area contributed by atoms with Crippen LogP contribution in [0.5, 0.6) is 0 Å². The number of hydrogen-bond donors (Lipinski definition) is 0. The van der Waals surface area contributed by atoms with Crippen LogP contribution in [0, 0.1) is 5.41 Å². The van der Waals surface area contributed by atoms with E-state index in [4.69, 9.17) is 4.99 Å². The lowest BCUT2D eigenvalue weighted by molar-refractivity contribution is 0.588. The van der Waals surface area contributed by atoms with Gasteiger partial charge in [0.05, 0.1) is 5.70 Å². The molecule has 0 fully saturated rings. The molecule has 0 unspecified atom stereocenters. The summed E-state index contributed by atoms with van der Waals surface area (Å²) in [7, 11) is 0. The maximum Gasteiger partial charge on any atom is 0.0658 e. The quantitative estimate of drug-likeness (QED) is 0.654. The van der Waals surface area contributed by atoms with Crippen molar-refractivity contribution in [1.82, 2.24) is 0 Å². The predicted octanol–water partition coefficient (Wildman–Crippen LogP) is 5.12. The lowest BCUT2D eigenvalue weighted by Gasteiger charge is -2.18. The van der Waals surface area contributed by atoms with Crippen LogP contribution in [0.4, 0.5) is 0 Å². The third-order valence-corrected chi connectivity index (χ3v) is 3.30. The van der Waals surface area contributed by atoms with Crippen molar-refractivity contribution in [3.8, 4) is 0 Å². The molecule has 0 aliphatic rings. The highest BCUT2D eigenvalue weighted by Gasteiger charge is 2.14. The van der Waals surface area contributed by atoms with Crippen LogP contribution in [0.15, 0.2) is 35.3 Å². The highest BCUT2D eigenvalue weighted by atomic mass is 14.8. The molecule has 0 aliphatic heterocycles. The molecule has 0 amide bonds. The molecule has 0 atom stereocenters. The third kappa shape index (κ3) is 3.83. The van der Waals surface area contributed by atoms with Crippen molar-refractivity contribution in [3.63, 3.8) is 0 Å². The molecule has 1 aromatic carbocycles. The lowest BCUT2D eigenvalue weighted by atomic mass is 9.91. The minimum atomic E-state index is 0.123. The van der Waals surface area contributed by atoms with Crippen LogP contribution >= 0.6 is 0 Å². The topological polar surface area (TPSA) is 12.4 Å². The number of allylic oxidation sites excluding steroid dienone is 1. The molecule has 0 N–H and O–H groups in total. The standard InChI is InChI=1S/C17H25N/c1-7-14-9-11-15(12-10-14)16(8-2)18-13(3)17(4,5)6/h8-12H,7H2,1-6H3/b16-8-,18-13?. The molecular weight excluding hydrogens is 218 g/mol. The van der Waals surface area contributed by atoms with Crippen LogP contribution in [0.25, 0.3) is 5.70 Å². The molecule has 0 aromatic heterocycles. The number of rotatable bonds is 3. The zero-order chi connectivity index (χ0) is 13.8. The Morgan fingerprint density at radius 3 is 2.11 bits per heavy atom. The van der Waals surface area contributed by atoms with E-state index < -0.39 is 0 Å². The number of nitrogens with zero attached hydrogens (tertiary/aromatic N) is 1. The van der Waals surface area contributed by atoms with Crippen molar-refractivity contribution in [2.24, 2.45) is 10.4 Å². The molecule has 1 aromatic rings. The SMILES string of the molecule is C/C=C(\N=C(C)C(C)(C)C)c1ccc(CC)cc1. The van der Waals surface area contributed by atoms with Crippen molar-refractivity contribution in [3.05, 3.63) is 41.5 Å². The summed E-state index contributed by atoms with van der Waals surface area (Å²) in [5.74, 6) is 0. The zero-order valence-corrected chi connectivity index (χ0v) is 12.5. The van der Waals surface area contributed by atoms with Crippen LogP contribution < -0.4 is 0 Å². The van der Waals surface area contributed by atoms with E-state index in [1.807, 2.05) is 6.92 Å². The van der Waals surface area contributed by atoms with Gasteiger partial charge in [-0.25, -0.2) is 0 Å². The molecule has 0 saturated heterocycles. The number of benzene rings is 1. The minimum absolute atomic E-state index is 0.123. The van der Waals surface area contributed by atoms with E-state index in [-0.39, 0.29) is 5.41 Å². The van der Waals surface area contributed by atoms with Gasteiger partial charge in [0.15, 0.2) is 0 Å². The Balaban J connectivity index is 3.04. The average molecular weight is 243 g/mol. The first-order valence-electron chi connectivity index (χ1n) is 6.70. The summed E-state index contributed by atoms with van der Waals surface area (Å²) in [5, 5.41) is 0. The van der Waals surface area contributed by atoms with Crippen molar-refractivity contribution in [2.45, 2.75) is 48.0 Å². The molecule has 98 valence electrons. The second-order valence-corrected chi connectivity index (χ2v) is 5.67. The van der Waals surface area contributed by atoms with Crippen LogP contribution in [-0.2, 0) is 6.42 Å². The van der Waals surface area contributed by atoms with Crippen molar-refractivity contribution >= 4 is 11.4 Å². The summed E-state index contributed by atoms with van der Waals surface area (Å²) >= 11 is 0. The smallest absolute Gasteiger partial charge is 0.0658 e. The Morgan fingerprint density at radius 2 is 1.72 bits per heavy atom. The molecule has 0 radical (unpaired) electrons. The van der Waals surface area contributed by atoms with Crippen molar-refractivity contribution < 1.29 is 0 Å². The van der Waals surface area contributed by atoms with Gasteiger partial charge in [0, 0.05) is 5.71 Å². The second-order valence-electron chi connectivity index (χ2n) is 5.67. The first kappa shape index (κ1) is 14.7. The molecule has 0 heterocycles. The monoisotopic (exact) mass is 243 g/mol. The normalized spacial score (nSPS) is 13.9. The lowest BCUT2D eigenvalue weighted by Crippen LogP contribution is -2.16. The summed E-state index contributed by atoms with van der Waals surface area (Å²) in [5.41, 5.74) is 4.90. The van der Waals surface area contributed by atoms with E-state index in [2.05, 4.69) is 65.0 Å². The highest BCUT2D eigenvalue weighted by molar-refractivity contribution is 5.91. The second kappa shape index (κ2) is 5.99. The van der Waals surface area contributed by atoms with Gasteiger partial charge in [-0.3, -0.25) is 4.99 Å². The summed E-state index contributed by atoms with van der Waals surface area (Å²) in [6, 6.07) is 8.68. The Bertz CT molecular complexity index is 441. The Labute approximate surface area is 112 Å². The number of aliphatic imine (C=N–C) groups is 1. The van der Waals surface area contributed by atoms with E-state index in [9.17, 15) is 0 Å². The first-order valence-corrected chi connectivity index (χ1v) is 6.70. The minimum Gasteiger partial charge on any atom is -0.257 e. The maximum absolute atomic E-state index is 4.77. The summed E-state index contributed by atoms with van der Waals surface area (Å²) in [4.78, 5) is 4.77. The van der Waals surface area contributed by atoms with Crippen LogP contribution in [-0.4, -0.2) is 5.71 Å². The number of aryl methyl sites for hydroxylation is 1. The van der Waals surface area contributed by atoms with Gasteiger partial charge >= 0.3 is 0 Å². The van der Waals surface area contributed by atoms with E-state index in [1.165, 1.54) is 11.1 Å². The van der Waals surface area contributed by atoms with Gasteiger partial charge in [0.25, 0.3) is 0 Å². The Hall–Kier alpha value is -1.37.